The van der Waals surface area contributed by atoms with Crippen molar-refractivity contribution in [3.8, 4) is 0 Å². The zero-order valence-corrected chi connectivity index (χ0v) is 16.6. The molecule has 1 unspecified atom stereocenters. The van der Waals surface area contributed by atoms with Crippen LogP contribution in [-0.2, 0) is 14.3 Å². The zero-order chi connectivity index (χ0) is 15.8. The van der Waals surface area contributed by atoms with Crippen LogP contribution in [0, 0.1) is 5.41 Å². The Hall–Kier alpha value is -0.0600. The van der Waals surface area contributed by atoms with E-state index in [9.17, 15) is 14.7 Å². The molecule has 0 saturated carbocycles. The SMILES string of the molecule is CCCCCCCC(C)(OC(=O)CC(=O)[O-])C(C)(C)C.[Na+]. The largest absolute Gasteiger partial charge is 1.00 e. The first-order chi connectivity index (χ1) is 9.12. The molecule has 4 nitrogen and oxygen atoms in total. The fraction of sp³-hybridized carbons (Fsp3) is 0.875. The number of carbonyl (C=O) groups is 2. The van der Waals surface area contributed by atoms with Crippen LogP contribution in [0.15, 0.2) is 0 Å². The number of esters is 1. The van der Waals surface area contributed by atoms with Crippen molar-refractivity contribution in [3.63, 3.8) is 0 Å². The third-order valence-electron chi connectivity index (χ3n) is 3.97. The molecule has 0 spiro atoms. The summed E-state index contributed by atoms with van der Waals surface area (Å²) in [6.45, 7) is 10.1. The molecule has 0 heterocycles. The second-order valence-electron chi connectivity index (χ2n) is 6.67. The maximum Gasteiger partial charge on any atom is 1.00 e. The molecule has 118 valence electrons. The van der Waals surface area contributed by atoms with E-state index in [-0.39, 0.29) is 35.0 Å². The Bertz CT molecular complexity index is 323. The predicted molar refractivity (Wildman–Crippen MR) is 77.0 cm³/mol. The summed E-state index contributed by atoms with van der Waals surface area (Å²) in [4.78, 5) is 22.1. The van der Waals surface area contributed by atoms with Crippen LogP contribution in [0.4, 0.5) is 0 Å². The number of ether oxygens (including phenoxy) is 1. The number of hydrogen-bond acceptors (Lipinski definition) is 4. The summed E-state index contributed by atoms with van der Waals surface area (Å²) in [6, 6.07) is 0. The maximum absolute atomic E-state index is 11.6. The van der Waals surface area contributed by atoms with Crippen LogP contribution in [0.1, 0.15) is 79.6 Å². The van der Waals surface area contributed by atoms with Gasteiger partial charge in [-0.05, 0) is 19.8 Å². The predicted octanol–water partition coefficient (Wildman–Crippen LogP) is -0.161. The van der Waals surface area contributed by atoms with Crippen molar-refractivity contribution in [1.29, 1.82) is 0 Å². The Balaban J connectivity index is 0. The number of unbranched alkanes of at least 4 members (excludes halogenated alkanes) is 4. The zero-order valence-electron chi connectivity index (χ0n) is 14.6. The smallest absolute Gasteiger partial charge is 0.550 e. The molecule has 0 fully saturated rings. The number of aliphatic carboxylic acids is 1. The molecular weight excluding hydrogens is 279 g/mol. The maximum atomic E-state index is 11.6. The van der Waals surface area contributed by atoms with E-state index in [2.05, 4.69) is 6.92 Å². The van der Waals surface area contributed by atoms with Crippen LogP contribution in [-0.4, -0.2) is 17.5 Å². The molecule has 0 aliphatic rings. The summed E-state index contributed by atoms with van der Waals surface area (Å²) >= 11 is 0. The minimum atomic E-state index is -1.39. The summed E-state index contributed by atoms with van der Waals surface area (Å²) in [6.07, 6.45) is 5.75. The monoisotopic (exact) mass is 308 g/mol. The quantitative estimate of drug-likeness (QED) is 0.257. The fourth-order valence-electron chi connectivity index (χ4n) is 2.05. The van der Waals surface area contributed by atoms with E-state index in [4.69, 9.17) is 4.74 Å². The Kier molecular flexibility index (Phi) is 11.7. The summed E-state index contributed by atoms with van der Waals surface area (Å²) in [5.41, 5.74) is -0.884. The van der Waals surface area contributed by atoms with Crippen molar-refractivity contribution < 1.29 is 49.0 Å². The van der Waals surface area contributed by atoms with Gasteiger partial charge in [-0.2, -0.15) is 0 Å². The van der Waals surface area contributed by atoms with E-state index in [0.717, 1.165) is 19.3 Å². The molecule has 0 N–H and O–H groups in total. The van der Waals surface area contributed by atoms with E-state index in [1.165, 1.54) is 19.3 Å². The third-order valence-corrected chi connectivity index (χ3v) is 3.97. The van der Waals surface area contributed by atoms with E-state index in [1.807, 2.05) is 27.7 Å². The van der Waals surface area contributed by atoms with Gasteiger partial charge in [-0.3, -0.25) is 4.79 Å². The average molecular weight is 308 g/mol. The first-order valence-electron chi connectivity index (χ1n) is 7.54. The molecule has 0 rings (SSSR count). The van der Waals surface area contributed by atoms with Crippen molar-refractivity contribution in [2.24, 2.45) is 5.41 Å². The summed E-state index contributed by atoms with van der Waals surface area (Å²) < 4.78 is 5.46. The van der Waals surface area contributed by atoms with Crippen molar-refractivity contribution >= 4 is 11.9 Å². The summed E-state index contributed by atoms with van der Waals surface area (Å²) in [5.74, 6) is -2.11. The molecule has 21 heavy (non-hydrogen) atoms. The molecule has 0 aliphatic carbocycles. The van der Waals surface area contributed by atoms with Gasteiger partial charge in [-0.25, -0.2) is 0 Å². The van der Waals surface area contributed by atoms with Crippen molar-refractivity contribution in [3.05, 3.63) is 0 Å². The van der Waals surface area contributed by atoms with Crippen LogP contribution < -0.4 is 34.7 Å². The molecular formula is C16H29NaO4. The number of carboxylic acid groups (broad SMARTS) is 1. The van der Waals surface area contributed by atoms with Crippen LogP contribution in [0.5, 0.6) is 0 Å². The number of rotatable bonds is 9. The molecule has 0 aromatic carbocycles. The van der Waals surface area contributed by atoms with Gasteiger partial charge in [0.1, 0.15) is 5.60 Å². The molecule has 0 aromatic rings. The van der Waals surface area contributed by atoms with Gasteiger partial charge in [0.25, 0.3) is 0 Å². The minimum Gasteiger partial charge on any atom is -0.550 e. The van der Waals surface area contributed by atoms with Crippen LogP contribution in [0.3, 0.4) is 0 Å². The molecule has 0 aliphatic heterocycles. The van der Waals surface area contributed by atoms with E-state index < -0.39 is 24.0 Å². The second kappa shape index (κ2) is 10.6. The van der Waals surface area contributed by atoms with E-state index >= 15 is 0 Å². The van der Waals surface area contributed by atoms with Gasteiger partial charge in [0.15, 0.2) is 0 Å². The van der Waals surface area contributed by atoms with Crippen LogP contribution >= 0.6 is 0 Å². The van der Waals surface area contributed by atoms with Crippen molar-refractivity contribution in [1.82, 2.24) is 0 Å². The normalized spacial score (nSPS) is 14.0. The molecule has 1 atom stereocenters. The standard InChI is InChI=1S/C16H30O4.Na/c1-6-7-8-9-10-11-16(5,15(2,3)4)20-14(19)12-13(17)18;/h6-12H2,1-5H3,(H,17,18);/q;+1/p-1. The first kappa shape index (κ1) is 23.2. The van der Waals surface area contributed by atoms with E-state index in [0.29, 0.717) is 0 Å². The Morgan fingerprint density at radius 3 is 1.95 bits per heavy atom. The summed E-state index contributed by atoms with van der Waals surface area (Å²) in [5, 5.41) is 10.5. The van der Waals surface area contributed by atoms with Crippen LogP contribution in [0.2, 0.25) is 0 Å². The summed E-state index contributed by atoms with van der Waals surface area (Å²) in [7, 11) is 0. The molecule has 0 bridgehead atoms. The number of hydrogen-bond donors (Lipinski definition) is 0. The second-order valence-corrected chi connectivity index (χ2v) is 6.67. The molecule has 0 saturated heterocycles. The Morgan fingerprint density at radius 2 is 1.52 bits per heavy atom. The Labute approximate surface area is 151 Å². The average Bonchev–Trinajstić information content (AvgIpc) is 2.25. The third kappa shape index (κ3) is 9.54. The van der Waals surface area contributed by atoms with Gasteiger partial charge in [0.2, 0.25) is 0 Å². The molecule has 0 amide bonds. The van der Waals surface area contributed by atoms with E-state index in [1.54, 1.807) is 0 Å². The Morgan fingerprint density at radius 1 is 1.00 bits per heavy atom. The van der Waals surface area contributed by atoms with Gasteiger partial charge >= 0.3 is 35.5 Å². The van der Waals surface area contributed by atoms with Crippen LogP contribution in [0.25, 0.3) is 0 Å². The molecule has 5 heteroatoms. The van der Waals surface area contributed by atoms with Gasteiger partial charge in [-0.15, -0.1) is 0 Å². The molecule has 0 aromatic heterocycles. The van der Waals surface area contributed by atoms with Gasteiger partial charge < -0.3 is 14.6 Å². The fourth-order valence-corrected chi connectivity index (χ4v) is 2.05. The number of carboxylic acids is 1. The van der Waals surface area contributed by atoms with Gasteiger partial charge in [0, 0.05) is 5.41 Å². The van der Waals surface area contributed by atoms with Gasteiger partial charge in [0.05, 0.1) is 12.4 Å². The minimum absolute atomic E-state index is 0. The van der Waals surface area contributed by atoms with Crippen molar-refractivity contribution in [2.75, 3.05) is 0 Å². The molecule has 0 radical (unpaired) electrons. The van der Waals surface area contributed by atoms with Crippen molar-refractivity contribution in [2.45, 2.75) is 85.2 Å². The van der Waals surface area contributed by atoms with Gasteiger partial charge in [-0.1, -0.05) is 53.4 Å². The number of carbonyl (C=O) groups excluding carboxylic acids is 2. The first-order valence-corrected chi connectivity index (χ1v) is 7.54. The topological polar surface area (TPSA) is 66.4 Å².